The average Bonchev–Trinajstić information content (AvgIpc) is 2.44. The topological polar surface area (TPSA) is 87.7 Å². The van der Waals surface area contributed by atoms with Crippen LogP contribution in [0.15, 0.2) is 50.4 Å². The zero-order valence-electron chi connectivity index (χ0n) is 10.7. The molecule has 0 aliphatic rings. The van der Waals surface area contributed by atoms with Gasteiger partial charge in [0.2, 0.25) is 0 Å². The molecule has 108 valence electrons. The lowest BCUT2D eigenvalue weighted by molar-refractivity contribution is 0.0956. The van der Waals surface area contributed by atoms with E-state index >= 15 is 0 Å². The van der Waals surface area contributed by atoms with E-state index in [9.17, 15) is 9.90 Å². The molecular formula is C14H11Br2N3O2. The maximum absolute atomic E-state index is 12.0. The second kappa shape index (κ2) is 6.73. The first-order chi connectivity index (χ1) is 9.99. The standard InChI is InChI=1S/C14H11Br2N3O2/c15-9-5-10(13(17)11(16)6-9)14(21)19-18-7-8-3-1-2-4-12(8)20/h1-7,20H,17H2,(H,19,21). The van der Waals surface area contributed by atoms with Crippen LogP contribution in [0.4, 0.5) is 5.69 Å². The number of halogens is 2. The van der Waals surface area contributed by atoms with Gasteiger partial charge in [-0.1, -0.05) is 28.1 Å². The molecule has 2 aromatic carbocycles. The Morgan fingerprint density at radius 3 is 2.71 bits per heavy atom. The van der Waals surface area contributed by atoms with Gasteiger partial charge in [-0.25, -0.2) is 5.43 Å². The number of para-hydroxylation sites is 1. The minimum absolute atomic E-state index is 0.0835. The molecule has 1 amide bonds. The molecular weight excluding hydrogens is 402 g/mol. The van der Waals surface area contributed by atoms with Gasteiger partial charge in [0, 0.05) is 14.5 Å². The van der Waals surface area contributed by atoms with Crippen molar-refractivity contribution in [3.63, 3.8) is 0 Å². The number of rotatable bonds is 3. The number of carbonyl (C=O) groups excluding carboxylic acids is 1. The highest BCUT2D eigenvalue weighted by atomic mass is 79.9. The molecule has 0 heterocycles. The number of nitrogens with one attached hydrogen (secondary N) is 1. The van der Waals surface area contributed by atoms with E-state index in [4.69, 9.17) is 5.73 Å². The number of phenolic OH excluding ortho intramolecular Hbond substituents is 1. The molecule has 7 heteroatoms. The Hall–Kier alpha value is -1.86. The number of benzene rings is 2. The molecule has 0 saturated carbocycles. The number of phenols is 1. The van der Waals surface area contributed by atoms with Crippen LogP contribution in [0.2, 0.25) is 0 Å². The van der Waals surface area contributed by atoms with Crippen LogP contribution in [0.5, 0.6) is 5.75 Å². The van der Waals surface area contributed by atoms with Crippen molar-refractivity contribution >= 4 is 49.7 Å². The maximum Gasteiger partial charge on any atom is 0.273 e. The lowest BCUT2D eigenvalue weighted by Crippen LogP contribution is -2.19. The Morgan fingerprint density at radius 1 is 1.29 bits per heavy atom. The van der Waals surface area contributed by atoms with E-state index in [0.29, 0.717) is 21.3 Å². The van der Waals surface area contributed by atoms with Gasteiger partial charge in [0.25, 0.3) is 5.91 Å². The van der Waals surface area contributed by atoms with Crippen molar-refractivity contribution in [3.05, 3.63) is 56.5 Å². The van der Waals surface area contributed by atoms with Crippen LogP contribution >= 0.6 is 31.9 Å². The largest absolute Gasteiger partial charge is 0.507 e. The quantitative estimate of drug-likeness (QED) is 0.410. The Kier molecular flexibility index (Phi) is 4.98. The summed E-state index contributed by atoms with van der Waals surface area (Å²) in [5.41, 5.74) is 9.33. The van der Waals surface area contributed by atoms with Crippen LogP contribution in [0.1, 0.15) is 15.9 Å². The van der Waals surface area contributed by atoms with Gasteiger partial charge in [-0.15, -0.1) is 0 Å². The molecule has 0 aliphatic carbocycles. The third-order valence-corrected chi connectivity index (χ3v) is 3.76. The van der Waals surface area contributed by atoms with Gasteiger partial charge in [-0.05, 0) is 40.2 Å². The fourth-order valence-electron chi connectivity index (χ4n) is 1.59. The second-order valence-corrected chi connectivity index (χ2v) is 5.88. The summed E-state index contributed by atoms with van der Waals surface area (Å²) < 4.78 is 1.34. The lowest BCUT2D eigenvalue weighted by Gasteiger charge is -2.07. The zero-order valence-corrected chi connectivity index (χ0v) is 13.8. The SMILES string of the molecule is Nc1c(Br)cc(Br)cc1C(=O)NN=Cc1ccccc1O. The van der Waals surface area contributed by atoms with Gasteiger partial charge in [-0.2, -0.15) is 5.10 Å². The third-order valence-electron chi connectivity index (χ3n) is 2.65. The summed E-state index contributed by atoms with van der Waals surface area (Å²) in [7, 11) is 0. The highest BCUT2D eigenvalue weighted by Gasteiger charge is 2.12. The van der Waals surface area contributed by atoms with Crippen molar-refractivity contribution in [2.24, 2.45) is 5.10 Å². The number of carbonyl (C=O) groups is 1. The van der Waals surface area contributed by atoms with Crippen molar-refractivity contribution in [2.45, 2.75) is 0 Å². The van der Waals surface area contributed by atoms with Crippen LogP contribution in [0.25, 0.3) is 0 Å². The molecule has 4 N–H and O–H groups in total. The fraction of sp³-hybridized carbons (Fsp3) is 0. The summed E-state index contributed by atoms with van der Waals surface area (Å²) >= 11 is 6.57. The van der Waals surface area contributed by atoms with Gasteiger partial charge >= 0.3 is 0 Å². The Morgan fingerprint density at radius 2 is 2.00 bits per heavy atom. The van der Waals surface area contributed by atoms with Gasteiger partial charge in [0.05, 0.1) is 17.5 Å². The maximum atomic E-state index is 12.0. The number of hydrogen-bond donors (Lipinski definition) is 3. The molecule has 0 aromatic heterocycles. The van der Waals surface area contributed by atoms with Crippen LogP contribution in [0.3, 0.4) is 0 Å². The number of nitrogen functional groups attached to an aromatic ring is 1. The van der Waals surface area contributed by atoms with Crippen molar-refractivity contribution in [2.75, 3.05) is 5.73 Å². The van der Waals surface area contributed by atoms with Crippen molar-refractivity contribution < 1.29 is 9.90 Å². The fourth-order valence-corrected chi connectivity index (χ4v) is 2.82. The highest BCUT2D eigenvalue weighted by molar-refractivity contribution is 9.11. The summed E-state index contributed by atoms with van der Waals surface area (Å²) in [6.07, 6.45) is 1.36. The van der Waals surface area contributed by atoms with Gasteiger partial charge in [-0.3, -0.25) is 4.79 Å². The first-order valence-corrected chi connectivity index (χ1v) is 7.43. The molecule has 2 rings (SSSR count). The minimum atomic E-state index is -0.443. The van der Waals surface area contributed by atoms with Crippen LogP contribution in [-0.2, 0) is 0 Å². The minimum Gasteiger partial charge on any atom is -0.507 e. The third kappa shape index (κ3) is 3.83. The molecule has 0 spiro atoms. The number of nitrogens with zero attached hydrogens (tertiary/aromatic N) is 1. The van der Waals surface area contributed by atoms with Crippen molar-refractivity contribution in [1.82, 2.24) is 5.43 Å². The summed E-state index contributed by atoms with van der Waals surface area (Å²) in [5, 5.41) is 13.4. The van der Waals surface area contributed by atoms with E-state index in [0.717, 1.165) is 4.47 Å². The Balaban J connectivity index is 2.14. The number of hydrogen-bond acceptors (Lipinski definition) is 4. The molecule has 0 unspecified atom stereocenters. The van der Waals surface area contributed by atoms with E-state index in [1.54, 1.807) is 30.3 Å². The molecule has 0 saturated heterocycles. The van der Waals surface area contributed by atoms with Crippen LogP contribution in [0, 0.1) is 0 Å². The van der Waals surface area contributed by atoms with Crippen LogP contribution in [-0.4, -0.2) is 17.2 Å². The predicted molar refractivity (Wildman–Crippen MR) is 89.4 cm³/mol. The summed E-state index contributed by atoms with van der Waals surface area (Å²) in [6.45, 7) is 0. The number of nitrogens with two attached hydrogens (primary N) is 1. The van der Waals surface area contributed by atoms with Crippen molar-refractivity contribution in [1.29, 1.82) is 0 Å². The van der Waals surface area contributed by atoms with E-state index in [2.05, 4.69) is 42.4 Å². The van der Waals surface area contributed by atoms with E-state index in [1.807, 2.05) is 0 Å². The zero-order chi connectivity index (χ0) is 15.4. The summed E-state index contributed by atoms with van der Waals surface area (Å²) in [5.74, 6) is -0.360. The lowest BCUT2D eigenvalue weighted by atomic mass is 10.2. The smallest absolute Gasteiger partial charge is 0.273 e. The molecule has 5 nitrogen and oxygen atoms in total. The predicted octanol–water partition coefficient (Wildman–Crippen LogP) is 3.26. The average molecular weight is 413 g/mol. The van der Waals surface area contributed by atoms with E-state index < -0.39 is 5.91 Å². The van der Waals surface area contributed by atoms with E-state index in [-0.39, 0.29) is 5.75 Å². The van der Waals surface area contributed by atoms with Gasteiger partial charge in [0.1, 0.15) is 5.75 Å². The van der Waals surface area contributed by atoms with E-state index in [1.165, 1.54) is 12.3 Å². The van der Waals surface area contributed by atoms with Gasteiger partial charge in [0.15, 0.2) is 0 Å². The molecule has 0 radical (unpaired) electrons. The number of anilines is 1. The molecule has 0 atom stereocenters. The molecule has 0 aliphatic heterocycles. The molecule has 0 fully saturated rings. The molecule has 2 aromatic rings. The van der Waals surface area contributed by atoms with Crippen molar-refractivity contribution in [3.8, 4) is 5.75 Å². The number of amides is 1. The van der Waals surface area contributed by atoms with Crippen LogP contribution < -0.4 is 11.2 Å². The summed E-state index contributed by atoms with van der Waals surface area (Å²) in [4.78, 5) is 12.0. The highest BCUT2D eigenvalue weighted by Crippen LogP contribution is 2.28. The number of hydrazone groups is 1. The first kappa shape index (κ1) is 15.5. The number of aromatic hydroxyl groups is 1. The normalized spacial score (nSPS) is 10.8. The van der Waals surface area contributed by atoms with Gasteiger partial charge < -0.3 is 10.8 Å². The Labute approximate surface area is 138 Å². The summed E-state index contributed by atoms with van der Waals surface area (Å²) in [6, 6.07) is 10.0. The molecule has 21 heavy (non-hydrogen) atoms. The first-order valence-electron chi connectivity index (χ1n) is 5.85. The molecule has 0 bridgehead atoms. The second-order valence-electron chi connectivity index (χ2n) is 4.11. The Bertz CT molecular complexity index is 717. The monoisotopic (exact) mass is 411 g/mol.